The van der Waals surface area contributed by atoms with Crippen molar-refractivity contribution in [1.29, 1.82) is 0 Å². The molecular formula is C21H25N3O5. The number of benzene rings is 1. The molecule has 1 amide bonds. The molecule has 8 heteroatoms. The molecule has 3 atom stereocenters. The summed E-state index contributed by atoms with van der Waals surface area (Å²) in [5.41, 5.74) is 2.71. The van der Waals surface area contributed by atoms with Crippen molar-refractivity contribution in [3.8, 4) is 11.5 Å². The van der Waals surface area contributed by atoms with Crippen LogP contribution >= 0.6 is 0 Å². The molecule has 1 heterocycles. The van der Waals surface area contributed by atoms with Crippen molar-refractivity contribution in [2.24, 2.45) is 5.92 Å². The van der Waals surface area contributed by atoms with E-state index in [1.165, 1.54) is 13.2 Å². The number of ether oxygens (including phenoxy) is 2. The number of aromatic hydroxyl groups is 1. The molecule has 2 aliphatic carbocycles. The number of amides is 1. The van der Waals surface area contributed by atoms with E-state index in [1.807, 2.05) is 6.07 Å². The van der Waals surface area contributed by atoms with E-state index in [4.69, 9.17) is 9.47 Å². The van der Waals surface area contributed by atoms with Gasteiger partial charge >= 0.3 is 0 Å². The third kappa shape index (κ3) is 3.60. The van der Waals surface area contributed by atoms with Gasteiger partial charge in [0.25, 0.3) is 0 Å². The van der Waals surface area contributed by atoms with Crippen molar-refractivity contribution in [2.75, 3.05) is 19.5 Å². The first-order chi connectivity index (χ1) is 14.0. The molecular weight excluding hydrogens is 374 g/mol. The first kappa shape index (κ1) is 19.4. The number of carbonyl (C=O) groups is 2. The van der Waals surface area contributed by atoms with E-state index in [1.54, 1.807) is 7.11 Å². The molecule has 2 aromatic rings. The number of aromatic amines is 1. The number of phenolic OH excluding ortho intramolecular Hbond substituents is 1. The first-order valence-corrected chi connectivity index (χ1v) is 9.79. The van der Waals surface area contributed by atoms with E-state index >= 15 is 0 Å². The predicted octanol–water partition coefficient (Wildman–Crippen LogP) is 2.57. The van der Waals surface area contributed by atoms with Crippen molar-refractivity contribution in [3.05, 3.63) is 34.5 Å². The second-order valence-corrected chi connectivity index (χ2v) is 7.76. The van der Waals surface area contributed by atoms with Crippen LogP contribution in [0.15, 0.2) is 12.1 Å². The number of hydrogen-bond donors (Lipinski definition) is 3. The Hall–Kier alpha value is -2.87. The molecule has 2 aliphatic rings. The number of nitrogens with zero attached hydrogens (tertiary/aromatic N) is 1. The van der Waals surface area contributed by atoms with Crippen LogP contribution in [0.2, 0.25) is 0 Å². The second kappa shape index (κ2) is 7.87. The van der Waals surface area contributed by atoms with Crippen LogP contribution in [-0.4, -0.2) is 47.8 Å². The molecule has 29 heavy (non-hydrogen) atoms. The number of H-pyrrole nitrogens is 1. The summed E-state index contributed by atoms with van der Waals surface area (Å²) in [6.07, 6.45) is 4.72. The maximum absolute atomic E-state index is 12.8. The minimum absolute atomic E-state index is 0.125. The Morgan fingerprint density at radius 3 is 2.76 bits per heavy atom. The van der Waals surface area contributed by atoms with E-state index in [-0.39, 0.29) is 29.2 Å². The summed E-state index contributed by atoms with van der Waals surface area (Å²) >= 11 is 0. The molecule has 4 rings (SSSR count). The highest BCUT2D eigenvalue weighted by Crippen LogP contribution is 2.40. The number of methoxy groups -OCH3 is 2. The molecule has 0 bridgehead atoms. The zero-order valence-electron chi connectivity index (χ0n) is 16.5. The van der Waals surface area contributed by atoms with E-state index in [0.29, 0.717) is 42.2 Å². The largest absolute Gasteiger partial charge is 0.507 e. The average Bonchev–Trinajstić information content (AvgIpc) is 3.45. The first-order valence-electron chi connectivity index (χ1n) is 9.79. The molecule has 3 unspecified atom stereocenters. The zero-order chi connectivity index (χ0) is 20.5. The van der Waals surface area contributed by atoms with E-state index in [0.717, 1.165) is 30.5 Å². The summed E-state index contributed by atoms with van der Waals surface area (Å²) in [5, 5.41) is 20.2. The minimum Gasteiger partial charge on any atom is -0.507 e. The summed E-state index contributed by atoms with van der Waals surface area (Å²) in [6, 6.07) is 3.31. The van der Waals surface area contributed by atoms with Gasteiger partial charge in [-0.3, -0.25) is 14.7 Å². The summed E-state index contributed by atoms with van der Waals surface area (Å²) < 4.78 is 10.7. The fraction of sp³-hybridized carbons (Fsp3) is 0.476. The summed E-state index contributed by atoms with van der Waals surface area (Å²) in [6.45, 7) is 0. The Kier molecular flexibility index (Phi) is 5.27. The minimum atomic E-state index is -0.357. The van der Waals surface area contributed by atoms with E-state index < -0.39 is 0 Å². The van der Waals surface area contributed by atoms with Gasteiger partial charge in [0.2, 0.25) is 5.91 Å². The molecule has 0 radical (unpaired) electrons. The summed E-state index contributed by atoms with van der Waals surface area (Å²) in [4.78, 5) is 24.2. The molecule has 1 aromatic heterocycles. The van der Waals surface area contributed by atoms with E-state index in [2.05, 4.69) is 15.5 Å². The second-order valence-electron chi connectivity index (χ2n) is 7.76. The SMILES string of the molecule is COc1cc(O)c(C=O)c2c1CC(C(=O)Nc1cc(C3CCC(OC)C3)[nH]n1)C2. The van der Waals surface area contributed by atoms with Crippen molar-refractivity contribution >= 4 is 18.0 Å². The van der Waals surface area contributed by atoms with Crippen molar-refractivity contribution in [3.63, 3.8) is 0 Å². The van der Waals surface area contributed by atoms with Crippen molar-refractivity contribution in [2.45, 2.75) is 44.1 Å². The lowest BCUT2D eigenvalue weighted by atomic mass is 10.0. The van der Waals surface area contributed by atoms with Gasteiger partial charge in [0.15, 0.2) is 12.1 Å². The number of rotatable bonds is 6. The lowest BCUT2D eigenvalue weighted by Gasteiger charge is -2.10. The van der Waals surface area contributed by atoms with Gasteiger partial charge in [-0.15, -0.1) is 0 Å². The van der Waals surface area contributed by atoms with Crippen LogP contribution in [0.25, 0.3) is 0 Å². The highest BCUT2D eigenvalue weighted by Gasteiger charge is 2.33. The smallest absolute Gasteiger partial charge is 0.229 e. The third-order valence-corrected chi connectivity index (χ3v) is 6.15. The van der Waals surface area contributed by atoms with Gasteiger partial charge in [-0.25, -0.2) is 0 Å². The molecule has 0 spiro atoms. The number of aldehydes is 1. The van der Waals surface area contributed by atoms with Gasteiger partial charge in [-0.1, -0.05) is 0 Å². The normalized spacial score (nSPS) is 23.0. The van der Waals surface area contributed by atoms with Crippen LogP contribution in [0.5, 0.6) is 11.5 Å². The number of hydrogen-bond acceptors (Lipinski definition) is 6. The van der Waals surface area contributed by atoms with Gasteiger partial charge < -0.3 is 19.9 Å². The Labute approximate surface area is 168 Å². The zero-order valence-corrected chi connectivity index (χ0v) is 16.5. The Morgan fingerprint density at radius 2 is 2.07 bits per heavy atom. The highest BCUT2D eigenvalue weighted by molar-refractivity contribution is 5.94. The fourth-order valence-electron chi connectivity index (χ4n) is 4.55. The van der Waals surface area contributed by atoms with Crippen LogP contribution in [0.1, 0.15) is 52.4 Å². The van der Waals surface area contributed by atoms with Crippen LogP contribution in [0.4, 0.5) is 5.82 Å². The lowest BCUT2D eigenvalue weighted by molar-refractivity contribution is -0.119. The monoisotopic (exact) mass is 399 g/mol. The molecule has 8 nitrogen and oxygen atoms in total. The molecule has 154 valence electrons. The van der Waals surface area contributed by atoms with Gasteiger partial charge in [-0.2, -0.15) is 5.10 Å². The Morgan fingerprint density at radius 1 is 1.28 bits per heavy atom. The summed E-state index contributed by atoms with van der Waals surface area (Å²) in [7, 11) is 3.24. The molecule has 0 saturated heterocycles. The van der Waals surface area contributed by atoms with Gasteiger partial charge in [0.05, 0.1) is 18.8 Å². The lowest BCUT2D eigenvalue weighted by Crippen LogP contribution is -2.23. The van der Waals surface area contributed by atoms with Gasteiger partial charge in [-0.05, 0) is 43.2 Å². The van der Waals surface area contributed by atoms with Gasteiger partial charge in [0, 0.05) is 36.8 Å². The molecule has 1 aromatic carbocycles. The predicted molar refractivity (Wildman–Crippen MR) is 106 cm³/mol. The number of fused-ring (bicyclic) bond motifs is 1. The average molecular weight is 399 g/mol. The Bertz CT molecular complexity index is 939. The maximum Gasteiger partial charge on any atom is 0.229 e. The van der Waals surface area contributed by atoms with Crippen molar-refractivity contribution in [1.82, 2.24) is 10.2 Å². The van der Waals surface area contributed by atoms with Gasteiger partial charge in [0.1, 0.15) is 11.5 Å². The molecule has 3 N–H and O–H groups in total. The maximum atomic E-state index is 12.8. The van der Waals surface area contributed by atoms with Crippen molar-refractivity contribution < 1.29 is 24.2 Å². The quantitative estimate of drug-likeness (QED) is 0.644. The van der Waals surface area contributed by atoms with E-state index in [9.17, 15) is 14.7 Å². The van der Waals surface area contributed by atoms with Crippen LogP contribution < -0.4 is 10.1 Å². The number of nitrogens with one attached hydrogen (secondary N) is 2. The summed E-state index contributed by atoms with van der Waals surface area (Å²) in [5.74, 6) is 0.695. The number of carbonyl (C=O) groups excluding carboxylic acids is 2. The standard InChI is InChI=1S/C21H25N3O5/c1-28-13-4-3-11(5-13)17-8-20(24-23-17)22-21(27)12-6-14-15(7-12)19(29-2)9-18(26)16(14)10-25/h8-13,26H,3-7H2,1-2H3,(H2,22,23,24,27). The van der Waals surface area contributed by atoms with Crippen LogP contribution in [0.3, 0.4) is 0 Å². The topological polar surface area (TPSA) is 114 Å². The fourth-order valence-corrected chi connectivity index (χ4v) is 4.55. The molecule has 1 fully saturated rings. The molecule has 1 saturated carbocycles. The van der Waals surface area contributed by atoms with Crippen LogP contribution in [0, 0.1) is 5.92 Å². The highest BCUT2D eigenvalue weighted by atomic mass is 16.5. The number of anilines is 1. The number of aromatic nitrogens is 2. The third-order valence-electron chi connectivity index (χ3n) is 6.15. The number of phenols is 1. The van der Waals surface area contributed by atoms with Crippen LogP contribution in [-0.2, 0) is 22.4 Å². The molecule has 0 aliphatic heterocycles. The Balaban J connectivity index is 1.46.